The third kappa shape index (κ3) is 3.98. The first kappa shape index (κ1) is 19.5. The number of carbonyl (C=O) groups excluding carboxylic acids is 2. The summed E-state index contributed by atoms with van der Waals surface area (Å²) in [6.07, 6.45) is 6.31. The van der Waals surface area contributed by atoms with E-state index in [4.69, 9.17) is 0 Å². The SMILES string of the molecule is O=C(N[C@H]1CCCc2c1cnn2Cc1ccccc1)c1ccc(N2CCCC2=O)cc1. The largest absolute Gasteiger partial charge is 0.345 e. The highest BCUT2D eigenvalue weighted by Gasteiger charge is 2.26. The first-order chi connectivity index (χ1) is 15.2. The van der Waals surface area contributed by atoms with E-state index in [2.05, 4.69) is 27.2 Å². The second-order valence-corrected chi connectivity index (χ2v) is 8.30. The van der Waals surface area contributed by atoms with Crippen LogP contribution in [0.4, 0.5) is 5.69 Å². The summed E-state index contributed by atoms with van der Waals surface area (Å²) in [7, 11) is 0. The Hall–Kier alpha value is -3.41. The van der Waals surface area contributed by atoms with Crippen LogP contribution in [0.3, 0.4) is 0 Å². The Bertz CT molecular complexity index is 1090. The molecule has 1 N–H and O–H groups in total. The lowest BCUT2D eigenvalue weighted by Crippen LogP contribution is -2.31. The molecule has 6 heteroatoms. The van der Waals surface area contributed by atoms with Crippen LogP contribution in [0.15, 0.2) is 60.8 Å². The number of anilines is 1. The summed E-state index contributed by atoms with van der Waals surface area (Å²) in [5.74, 6) is 0.0624. The van der Waals surface area contributed by atoms with Crippen LogP contribution in [0.1, 0.15) is 58.9 Å². The fourth-order valence-electron chi connectivity index (χ4n) is 4.62. The van der Waals surface area contributed by atoms with Crippen LogP contribution in [0.5, 0.6) is 0 Å². The number of hydrogen-bond acceptors (Lipinski definition) is 3. The zero-order chi connectivity index (χ0) is 21.2. The van der Waals surface area contributed by atoms with Crippen molar-refractivity contribution in [2.24, 2.45) is 0 Å². The van der Waals surface area contributed by atoms with Gasteiger partial charge in [0.2, 0.25) is 5.91 Å². The molecule has 6 nitrogen and oxygen atoms in total. The predicted octanol–water partition coefficient (Wildman–Crippen LogP) is 3.87. The molecule has 2 aliphatic rings. The number of benzene rings is 2. The summed E-state index contributed by atoms with van der Waals surface area (Å²) in [5, 5.41) is 7.81. The molecule has 2 aromatic carbocycles. The molecule has 2 amide bonds. The summed E-state index contributed by atoms with van der Waals surface area (Å²) in [5.41, 5.74) is 5.02. The molecule has 1 aromatic heterocycles. The van der Waals surface area contributed by atoms with Gasteiger partial charge in [-0.05, 0) is 55.5 Å². The summed E-state index contributed by atoms with van der Waals surface area (Å²) in [6.45, 7) is 1.50. The summed E-state index contributed by atoms with van der Waals surface area (Å²) >= 11 is 0. The molecule has 5 rings (SSSR count). The molecular weight excluding hydrogens is 388 g/mol. The molecule has 1 atom stereocenters. The van der Waals surface area contributed by atoms with Crippen LogP contribution in [-0.2, 0) is 17.8 Å². The fraction of sp³-hybridized carbons (Fsp3) is 0.320. The number of fused-ring (bicyclic) bond motifs is 1. The van der Waals surface area contributed by atoms with E-state index in [1.807, 2.05) is 36.5 Å². The Morgan fingerprint density at radius 3 is 2.58 bits per heavy atom. The van der Waals surface area contributed by atoms with Crippen molar-refractivity contribution in [1.82, 2.24) is 15.1 Å². The van der Waals surface area contributed by atoms with Gasteiger partial charge >= 0.3 is 0 Å². The Morgan fingerprint density at radius 2 is 1.84 bits per heavy atom. The first-order valence-electron chi connectivity index (χ1n) is 11.0. The summed E-state index contributed by atoms with van der Waals surface area (Å²) in [4.78, 5) is 26.6. The summed E-state index contributed by atoms with van der Waals surface area (Å²) < 4.78 is 2.06. The van der Waals surface area contributed by atoms with Gasteiger partial charge in [-0.15, -0.1) is 0 Å². The molecule has 1 aliphatic heterocycles. The lowest BCUT2D eigenvalue weighted by Gasteiger charge is -2.24. The third-order valence-corrected chi connectivity index (χ3v) is 6.26. The molecule has 2 heterocycles. The van der Waals surface area contributed by atoms with E-state index >= 15 is 0 Å². The Labute approximate surface area is 181 Å². The number of nitrogens with zero attached hydrogens (tertiary/aromatic N) is 3. The number of nitrogens with one attached hydrogen (secondary N) is 1. The maximum atomic E-state index is 12.9. The Balaban J connectivity index is 1.29. The standard InChI is InChI=1S/C25H26N4O2/c30-24-10-5-15-28(24)20-13-11-19(12-14-20)25(31)27-22-8-4-9-23-21(22)16-26-29(23)17-18-6-2-1-3-7-18/h1-3,6-7,11-14,16,22H,4-5,8-10,15,17H2,(H,27,31)/t22-/m0/s1. The van der Waals surface area contributed by atoms with Gasteiger partial charge in [-0.1, -0.05) is 30.3 Å². The molecule has 0 bridgehead atoms. The van der Waals surface area contributed by atoms with Crippen LogP contribution in [0.25, 0.3) is 0 Å². The highest BCUT2D eigenvalue weighted by molar-refractivity contribution is 5.97. The number of rotatable bonds is 5. The maximum Gasteiger partial charge on any atom is 0.251 e. The predicted molar refractivity (Wildman–Crippen MR) is 119 cm³/mol. The normalized spacial score (nSPS) is 18.1. The smallest absolute Gasteiger partial charge is 0.251 e. The van der Waals surface area contributed by atoms with E-state index in [1.54, 1.807) is 17.0 Å². The van der Waals surface area contributed by atoms with E-state index < -0.39 is 0 Å². The molecule has 31 heavy (non-hydrogen) atoms. The number of amides is 2. The molecular formula is C25H26N4O2. The van der Waals surface area contributed by atoms with Crippen molar-refractivity contribution >= 4 is 17.5 Å². The van der Waals surface area contributed by atoms with Crippen LogP contribution >= 0.6 is 0 Å². The lowest BCUT2D eigenvalue weighted by molar-refractivity contribution is -0.117. The van der Waals surface area contributed by atoms with Crippen molar-refractivity contribution in [3.63, 3.8) is 0 Å². The van der Waals surface area contributed by atoms with E-state index in [-0.39, 0.29) is 17.9 Å². The van der Waals surface area contributed by atoms with Crippen molar-refractivity contribution in [1.29, 1.82) is 0 Å². The lowest BCUT2D eigenvalue weighted by atomic mass is 9.92. The molecule has 0 radical (unpaired) electrons. The van der Waals surface area contributed by atoms with Crippen molar-refractivity contribution in [2.45, 2.75) is 44.7 Å². The van der Waals surface area contributed by atoms with E-state index in [9.17, 15) is 9.59 Å². The molecule has 0 saturated carbocycles. The van der Waals surface area contributed by atoms with Crippen molar-refractivity contribution < 1.29 is 9.59 Å². The topological polar surface area (TPSA) is 67.2 Å². The van der Waals surface area contributed by atoms with Crippen LogP contribution in [-0.4, -0.2) is 28.1 Å². The van der Waals surface area contributed by atoms with Crippen molar-refractivity contribution in [3.05, 3.63) is 83.2 Å². The van der Waals surface area contributed by atoms with E-state index in [0.717, 1.165) is 50.0 Å². The molecule has 0 unspecified atom stereocenters. The second-order valence-electron chi connectivity index (χ2n) is 8.30. The van der Waals surface area contributed by atoms with Crippen LogP contribution in [0, 0.1) is 0 Å². The van der Waals surface area contributed by atoms with Gasteiger partial charge < -0.3 is 10.2 Å². The maximum absolute atomic E-state index is 12.9. The van der Waals surface area contributed by atoms with Crippen molar-refractivity contribution in [2.75, 3.05) is 11.4 Å². The van der Waals surface area contributed by atoms with Gasteiger partial charge in [-0.3, -0.25) is 14.3 Å². The van der Waals surface area contributed by atoms with Gasteiger partial charge in [-0.2, -0.15) is 5.10 Å². The van der Waals surface area contributed by atoms with Crippen LogP contribution in [0.2, 0.25) is 0 Å². The van der Waals surface area contributed by atoms with Crippen molar-refractivity contribution in [3.8, 4) is 0 Å². The highest BCUT2D eigenvalue weighted by Crippen LogP contribution is 2.30. The minimum Gasteiger partial charge on any atom is -0.345 e. The van der Waals surface area contributed by atoms with Gasteiger partial charge in [0.1, 0.15) is 0 Å². The first-order valence-corrected chi connectivity index (χ1v) is 11.0. The zero-order valence-corrected chi connectivity index (χ0v) is 17.5. The molecule has 1 saturated heterocycles. The Morgan fingerprint density at radius 1 is 1.03 bits per heavy atom. The minimum atomic E-state index is -0.0899. The highest BCUT2D eigenvalue weighted by atomic mass is 16.2. The van der Waals surface area contributed by atoms with E-state index in [1.165, 1.54) is 11.3 Å². The fourth-order valence-corrected chi connectivity index (χ4v) is 4.62. The molecule has 0 spiro atoms. The summed E-state index contributed by atoms with van der Waals surface area (Å²) in [6, 6.07) is 17.6. The second kappa shape index (κ2) is 8.38. The quantitative estimate of drug-likeness (QED) is 0.689. The monoisotopic (exact) mass is 414 g/mol. The molecule has 1 aliphatic carbocycles. The third-order valence-electron chi connectivity index (χ3n) is 6.26. The molecule has 158 valence electrons. The van der Waals surface area contributed by atoms with Gasteiger partial charge in [0, 0.05) is 35.5 Å². The molecule has 3 aromatic rings. The van der Waals surface area contributed by atoms with Gasteiger partial charge in [-0.25, -0.2) is 0 Å². The molecule has 1 fully saturated rings. The average molecular weight is 415 g/mol. The number of aromatic nitrogens is 2. The van der Waals surface area contributed by atoms with Gasteiger partial charge in [0.15, 0.2) is 0 Å². The van der Waals surface area contributed by atoms with Gasteiger partial charge in [0.05, 0.1) is 18.8 Å². The van der Waals surface area contributed by atoms with E-state index in [0.29, 0.717) is 12.0 Å². The average Bonchev–Trinajstić information content (AvgIpc) is 3.41. The number of hydrogen-bond donors (Lipinski definition) is 1. The van der Waals surface area contributed by atoms with Crippen LogP contribution < -0.4 is 10.2 Å². The minimum absolute atomic E-state index is 0.0272. The zero-order valence-electron chi connectivity index (χ0n) is 17.5. The van der Waals surface area contributed by atoms with Gasteiger partial charge in [0.25, 0.3) is 5.91 Å². The Kier molecular flexibility index (Phi) is 5.28. The number of carbonyl (C=O) groups is 2.